The predicted molar refractivity (Wildman–Crippen MR) is 130 cm³/mol. The third kappa shape index (κ3) is 5.82. The normalized spacial score (nSPS) is 21.2. The van der Waals surface area contributed by atoms with Gasteiger partial charge < -0.3 is 20.3 Å². The van der Waals surface area contributed by atoms with Crippen LogP contribution in [0.1, 0.15) is 45.9 Å². The van der Waals surface area contributed by atoms with Gasteiger partial charge in [-0.3, -0.25) is 9.78 Å². The largest absolute Gasteiger partial charge is 0.489 e. The van der Waals surface area contributed by atoms with Gasteiger partial charge in [-0.05, 0) is 19.9 Å². The van der Waals surface area contributed by atoms with Crippen LogP contribution in [-0.4, -0.2) is 41.1 Å². The molecule has 3 heterocycles. The molecule has 7 nitrogen and oxygen atoms in total. The van der Waals surface area contributed by atoms with E-state index >= 15 is 0 Å². The van der Waals surface area contributed by atoms with E-state index in [-0.39, 0.29) is 58.2 Å². The minimum absolute atomic E-state index is 0. The zero-order valence-corrected chi connectivity index (χ0v) is 18.2. The zero-order chi connectivity index (χ0) is 21.6. The summed E-state index contributed by atoms with van der Waals surface area (Å²) in [5.41, 5.74) is 1.48. The van der Waals surface area contributed by atoms with E-state index in [1.807, 2.05) is 31.9 Å². The number of carbonyl (C=O) groups excluding carboxylic acids is 1. The van der Waals surface area contributed by atoms with Gasteiger partial charge in [0.15, 0.2) is 0 Å². The summed E-state index contributed by atoms with van der Waals surface area (Å²) in [6, 6.07) is 2.67. The van der Waals surface area contributed by atoms with Crippen LogP contribution in [0, 0.1) is 6.92 Å². The molecule has 2 aromatic rings. The predicted octanol–water partition coefficient (Wildman–Crippen LogP) is 4.99. The number of nitrogens with one attached hydrogen (secondary N) is 2. The molecule has 4 rings (SSSR count). The average Bonchev–Trinajstić information content (AvgIpc) is 2.65. The Hall–Kier alpha value is -2.69. The molecule has 1 atom stereocenters. The smallest absolute Gasteiger partial charge is 0.418 e. The van der Waals surface area contributed by atoms with Crippen LogP contribution in [0.4, 0.5) is 30.4 Å². The summed E-state index contributed by atoms with van der Waals surface area (Å²) in [5.74, 6) is 0.728. The van der Waals surface area contributed by atoms with Crippen molar-refractivity contribution in [2.45, 2.75) is 65.9 Å². The van der Waals surface area contributed by atoms with E-state index in [1.54, 1.807) is 0 Å². The van der Waals surface area contributed by atoms with Gasteiger partial charge in [0, 0.05) is 38.2 Å². The van der Waals surface area contributed by atoms with Gasteiger partial charge in [0.1, 0.15) is 23.7 Å². The first-order chi connectivity index (χ1) is 14.1. The second-order valence-corrected chi connectivity index (χ2v) is 7.72. The number of ether oxygens (including phenoxy) is 1. The van der Waals surface area contributed by atoms with Crippen molar-refractivity contribution in [3.05, 3.63) is 35.8 Å². The van der Waals surface area contributed by atoms with Crippen LogP contribution in [0.15, 0.2) is 24.5 Å². The molecule has 1 aliphatic carbocycles. The lowest BCUT2D eigenvalue weighted by molar-refractivity contribution is -0.138. The summed E-state index contributed by atoms with van der Waals surface area (Å²) >= 11 is 0. The number of hydrogen-bond donors (Lipinski definition) is 2. The van der Waals surface area contributed by atoms with Crippen molar-refractivity contribution < 1.29 is 22.7 Å². The van der Waals surface area contributed by atoms with E-state index in [0.29, 0.717) is 30.0 Å². The van der Waals surface area contributed by atoms with E-state index in [9.17, 15) is 18.0 Å². The molecule has 1 fully saturated rings. The Morgan fingerprint density at radius 3 is 2.52 bits per heavy atom. The van der Waals surface area contributed by atoms with E-state index < -0.39 is 11.7 Å². The van der Waals surface area contributed by atoms with E-state index in [1.165, 1.54) is 6.20 Å². The van der Waals surface area contributed by atoms with Gasteiger partial charge in [0.25, 0.3) is 0 Å². The Morgan fingerprint density at radius 1 is 1.21 bits per heavy atom. The monoisotopic (exact) mass is 487 g/mol. The van der Waals surface area contributed by atoms with Crippen LogP contribution >= 0.6 is 13.5 Å². The number of likely N-dealkylation sites (N-methyl/N-ethyl adjacent to an activating group) is 1. The Morgan fingerprint density at radius 2 is 1.88 bits per heavy atom. The maximum absolute atomic E-state index is 12.8. The first-order valence-corrected chi connectivity index (χ1v) is 9.62. The number of pyridine rings is 2. The molecule has 0 radical (unpaired) electrons. The van der Waals surface area contributed by atoms with Crippen LogP contribution < -0.4 is 20.3 Å². The van der Waals surface area contributed by atoms with Crippen LogP contribution in [0.5, 0.6) is 5.75 Å². The molecule has 0 aromatic carbocycles. The van der Waals surface area contributed by atoms with Gasteiger partial charge in [-0.2, -0.15) is 26.7 Å². The maximum Gasteiger partial charge on any atom is 0.418 e. The summed E-state index contributed by atoms with van der Waals surface area (Å²) in [7, 11) is 1.86. The Balaban J connectivity index is 0.00000181. The molecule has 2 aromatic heterocycles. The van der Waals surface area contributed by atoms with Crippen LogP contribution in [-0.2, 0) is 11.0 Å². The number of nitrogens with zero attached hydrogens (tertiary/aromatic N) is 3. The molecular formula is C22H32F3N5O2S. The van der Waals surface area contributed by atoms with Gasteiger partial charge in [-0.25, -0.2) is 4.98 Å². The third-order valence-corrected chi connectivity index (χ3v) is 5.56. The first kappa shape index (κ1) is 28.3. The summed E-state index contributed by atoms with van der Waals surface area (Å²) < 4.78 is 44.0. The summed E-state index contributed by atoms with van der Waals surface area (Å²) in [5, 5.41) is 6.23. The number of aromatic nitrogens is 2. The number of rotatable bonds is 4. The van der Waals surface area contributed by atoms with Gasteiger partial charge >= 0.3 is 6.18 Å². The van der Waals surface area contributed by atoms with Crippen molar-refractivity contribution in [3.8, 4) is 5.75 Å². The molecule has 0 spiro atoms. The summed E-state index contributed by atoms with van der Waals surface area (Å²) in [4.78, 5) is 22.1. The minimum Gasteiger partial charge on any atom is -0.489 e. The number of alkyl halides is 3. The van der Waals surface area contributed by atoms with Gasteiger partial charge in [0.05, 0.1) is 28.8 Å². The van der Waals surface area contributed by atoms with Crippen LogP contribution in [0.3, 0.4) is 0 Å². The Bertz CT molecular complexity index is 983. The van der Waals surface area contributed by atoms with Crippen molar-refractivity contribution >= 4 is 36.6 Å². The van der Waals surface area contributed by atoms with Crippen LogP contribution in [0.2, 0.25) is 0 Å². The maximum atomic E-state index is 12.8. The summed E-state index contributed by atoms with van der Waals surface area (Å²) in [6.07, 6.45) is -1.30. The van der Waals surface area contributed by atoms with E-state index in [0.717, 1.165) is 18.0 Å². The van der Waals surface area contributed by atoms with Crippen molar-refractivity contribution in [1.29, 1.82) is 0 Å². The number of hydrogen-bond acceptors (Lipinski definition) is 6. The lowest BCUT2D eigenvalue weighted by Gasteiger charge is -2.37. The fourth-order valence-corrected chi connectivity index (χ4v) is 3.59. The Labute approximate surface area is 199 Å². The van der Waals surface area contributed by atoms with Gasteiger partial charge in [0.2, 0.25) is 5.91 Å². The highest BCUT2D eigenvalue weighted by molar-refractivity contribution is 7.59. The van der Waals surface area contributed by atoms with Crippen LogP contribution in [0.25, 0.3) is 0 Å². The Kier molecular flexibility index (Phi) is 9.01. The molecule has 0 unspecified atom stereocenters. The topological polar surface area (TPSA) is 79.4 Å². The first-order valence-electron chi connectivity index (χ1n) is 9.62. The number of anilines is 3. The number of aryl methyl sites for hydroxylation is 1. The molecule has 1 amide bonds. The molecule has 0 bridgehead atoms. The number of carbonyl (C=O) groups is 1. The average molecular weight is 488 g/mol. The molecule has 11 heteroatoms. The second kappa shape index (κ2) is 10.5. The molecule has 2 aliphatic rings. The zero-order valence-electron chi connectivity index (χ0n) is 17.2. The van der Waals surface area contributed by atoms with Gasteiger partial charge in [-0.15, -0.1) is 0 Å². The summed E-state index contributed by atoms with van der Waals surface area (Å²) in [6.45, 7) is 3.67. The van der Waals surface area contributed by atoms with Gasteiger partial charge in [-0.1, -0.05) is 14.9 Å². The molecule has 1 saturated carbocycles. The van der Waals surface area contributed by atoms with Crippen molar-refractivity contribution in [2.24, 2.45) is 0 Å². The highest BCUT2D eigenvalue weighted by atomic mass is 32.1. The fourth-order valence-electron chi connectivity index (χ4n) is 3.59. The van der Waals surface area contributed by atoms with Crippen molar-refractivity contribution in [3.63, 3.8) is 0 Å². The highest BCUT2D eigenvalue weighted by Crippen LogP contribution is 2.37. The molecular weight excluding hydrogens is 455 g/mol. The lowest BCUT2D eigenvalue weighted by Crippen LogP contribution is -2.45. The minimum atomic E-state index is -4.45. The van der Waals surface area contributed by atoms with E-state index in [4.69, 9.17) is 4.74 Å². The van der Waals surface area contributed by atoms with E-state index in [2.05, 4.69) is 20.6 Å². The standard InChI is InChI=1S/C20H22F3N5O2.2CH4.H2S/c1-10-18-16(28(3)11(2)19(29)27-18)7-17(25-10)26-13-5-14(6-13)30-15-4-12(8-24-9-15)20(21,22)23;;;/h4,7-9,11,13-14H,5-6H2,1-3H3,(H,25,26)(H,27,29);2*1H4;1H2/t11-,13?,14?;;;/m0.../s1. The number of halogens is 3. The molecule has 2 N–H and O–H groups in total. The number of amides is 1. The highest BCUT2D eigenvalue weighted by Gasteiger charge is 2.34. The van der Waals surface area contributed by atoms with Crippen molar-refractivity contribution in [1.82, 2.24) is 9.97 Å². The molecule has 33 heavy (non-hydrogen) atoms. The molecule has 184 valence electrons. The fraction of sp³-hybridized carbons (Fsp3) is 0.500. The molecule has 1 aliphatic heterocycles. The second-order valence-electron chi connectivity index (χ2n) is 7.72. The molecule has 0 saturated heterocycles. The third-order valence-electron chi connectivity index (χ3n) is 5.56. The van der Waals surface area contributed by atoms with Crippen molar-refractivity contribution in [2.75, 3.05) is 22.6 Å². The SMILES string of the molecule is C.C.Cc1nc(NC2CC(Oc3cncc(C(F)(F)F)c3)C2)cc2c1NC(=O)[C@H](C)N2C.S. The lowest BCUT2D eigenvalue weighted by atomic mass is 9.89. The quantitative estimate of drug-likeness (QED) is 0.633. The number of fused-ring (bicyclic) bond motifs is 1.